The number of hydrogen-bond acceptors (Lipinski definition) is 4. The third-order valence-electron chi connectivity index (χ3n) is 4.56. The number of amides is 2. The molecule has 6 nitrogen and oxygen atoms in total. The van der Waals surface area contributed by atoms with Crippen LogP contribution in [0.4, 0.5) is 4.39 Å². The van der Waals surface area contributed by atoms with E-state index in [1.807, 2.05) is 0 Å². The van der Waals surface area contributed by atoms with Crippen LogP contribution in [0, 0.1) is 11.7 Å². The first kappa shape index (κ1) is 22.2. The average Bonchev–Trinajstić information content (AvgIpc) is 2.70. The summed E-state index contributed by atoms with van der Waals surface area (Å²) in [6.07, 6.45) is 3.80. The number of benzene rings is 1. The van der Waals surface area contributed by atoms with E-state index in [1.54, 1.807) is 11.8 Å². The summed E-state index contributed by atoms with van der Waals surface area (Å²) in [6.45, 7) is 2.37. The van der Waals surface area contributed by atoms with Gasteiger partial charge in [-0.25, -0.2) is 9.18 Å². The van der Waals surface area contributed by atoms with Crippen LogP contribution < -0.4 is 5.32 Å². The molecule has 9 heteroatoms. The monoisotopic (exact) mass is 430 g/mol. The second-order valence-corrected chi connectivity index (χ2v) is 7.21. The minimum Gasteiger partial charge on any atom is -0.467 e. The fraction of sp³-hybridized carbons (Fsp3) is 0.421. The molecule has 1 atom stereocenters. The number of nitrogens with zero attached hydrogens (tertiary/aromatic N) is 1. The van der Waals surface area contributed by atoms with E-state index in [9.17, 15) is 18.8 Å². The molecule has 0 radical (unpaired) electrons. The van der Waals surface area contributed by atoms with Gasteiger partial charge in [0.05, 0.1) is 17.2 Å². The number of likely N-dealkylation sites (tertiary alicyclic amines) is 1. The van der Waals surface area contributed by atoms with Gasteiger partial charge < -0.3 is 15.0 Å². The van der Waals surface area contributed by atoms with Crippen molar-refractivity contribution in [3.8, 4) is 0 Å². The standard InChI is InChI=1S/C19H21Cl2FN2O4/c1-11(19(27)28-2)23-18(26)13-7-9-24(10-8-13)15(25)6-4-12-3-5-14(22)17(21)16(12)20/h3-6,11,13H,7-10H2,1-2H3,(H,23,26). The van der Waals surface area contributed by atoms with E-state index >= 15 is 0 Å². The van der Waals surface area contributed by atoms with Gasteiger partial charge in [0.1, 0.15) is 11.9 Å². The van der Waals surface area contributed by atoms with Gasteiger partial charge in [-0.1, -0.05) is 29.3 Å². The maximum Gasteiger partial charge on any atom is 0.328 e. The van der Waals surface area contributed by atoms with E-state index < -0.39 is 17.8 Å². The number of esters is 1. The molecule has 0 saturated carbocycles. The first-order valence-corrected chi connectivity index (χ1v) is 9.48. The number of piperidine rings is 1. The fourth-order valence-electron chi connectivity index (χ4n) is 2.87. The molecular weight excluding hydrogens is 410 g/mol. The Morgan fingerprint density at radius 1 is 1.25 bits per heavy atom. The minimum absolute atomic E-state index is 0.0424. The molecule has 152 valence electrons. The average molecular weight is 431 g/mol. The highest BCUT2D eigenvalue weighted by Gasteiger charge is 2.28. The Morgan fingerprint density at radius 2 is 1.89 bits per heavy atom. The Kier molecular flexibility index (Phi) is 7.83. The maximum atomic E-state index is 13.3. The van der Waals surface area contributed by atoms with Crippen LogP contribution in [0.5, 0.6) is 0 Å². The predicted molar refractivity (Wildman–Crippen MR) is 104 cm³/mol. The van der Waals surface area contributed by atoms with E-state index in [2.05, 4.69) is 10.1 Å². The molecule has 1 N–H and O–H groups in total. The summed E-state index contributed by atoms with van der Waals surface area (Å²) in [5.41, 5.74) is 0.437. The van der Waals surface area contributed by atoms with Crippen molar-refractivity contribution in [2.24, 2.45) is 5.92 Å². The molecule has 1 aliphatic rings. The molecule has 1 aromatic carbocycles. The Morgan fingerprint density at radius 3 is 2.50 bits per heavy atom. The first-order valence-electron chi connectivity index (χ1n) is 8.73. The minimum atomic E-state index is -0.715. The normalized spacial score (nSPS) is 16.1. The van der Waals surface area contributed by atoms with Crippen molar-refractivity contribution in [3.05, 3.63) is 39.6 Å². The largest absolute Gasteiger partial charge is 0.467 e. The molecule has 28 heavy (non-hydrogen) atoms. The van der Waals surface area contributed by atoms with E-state index in [0.29, 0.717) is 31.5 Å². The van der Waals surface area contributed by atoms with Crippen molar-refractivity contribution in [2.75, 3.05) is 20.2 Å². The van der Waals surface area contributed by atoms with Crippen molar-refractivity contribution in [2.45, 2.75) is 25.8 Å². The summed E-state index contributed by atoms with van der Waals surface area (Å²) in [6, 6.07) is 1.90. The van der Waals surface area contributed by atoms with E-state index in [1.165, 1.54) is 31.4 Å². The molecule has 1 aliphatic heterocycles. The number of ether oxygens (including phenoxy) is 1. The van der Waals surface area contributed by atoms with Gasteiger partial charge in [-0.05, 0) is 37.5 Å². The molecule has 0 aromatic heterocycles. The summed E-state index contributed by atoms with van der Waals surface area (Å²) in [7, 11) is 1.26. The number of carbonyl (C=O) groups is 3. The zero-order valence-electron chi connectivity index (χ0n) is 15.5. The van der Waals surface area contributed by atoms with Crippen LogP contribution >= 0.6 is 23.2 Å². The number of carbonyl (C=O) groups excluding carboxylic acids is 3. The van der Waals surface area contributed by atoms with Gasteiger partial charge in [0.25, 0.3) is 0 Å². The number of methoxy groups -OCH3 is 1. The van der Waals surface area contributed by atoms with Crippen molar-refractivity contribution >= 4 is 47.1 Å². The van der Waals surface area contributed by atoms with Crippen molar-refractivity contribution in [1.29, 1.82) is 0 Å². The van der Waals surface area contributed by atoms with Gasteiger partial charge in [0.15, 0.2) is 0 Å². The Labute approximate surface area is 172 Å². The molecule has 0 bridgehead atoms. The second-order valence-electron chi connectivity index (χ2n) is 6.45. The summed E-state index contributed by atoms with van der Waals surface area (Å²) in [4.78, 5) is 37.6. The lowest BCUT2D eigenvalue weighted by molar-refractivity contribution is -0.145. The summed E-state index contributed by atoms with van der Waals surface area (Å²) < 4.78 is 17.9. The van der Waals surface area contributed by atoms with Crippen LogP contribution in [0.25, 0.3) is 6.08 Å². The van der Waals surface area contributed by atoms with Gasteiger partial charge in [0.2, 0.25) is 11.8 Å². The smallest absolute Gasteiger partial charge is 0.328 e. The SMILES string of the molecule is COC(=O)C(C)NC(=O)C1CCN(C(=O)C=Cc2ccc(F)c(Cl)c2Cl)CC1. The molecule has 2 amide bonds. The molecule has 1 unspecified atom stereocenters. The highest BCUT2D eigenvalue weighted by Crippen LogP contribution is 2.29. The van der Waals surface area contributed by atoms with Crippen LogP contribution in [0.2, 0.25) is 10.0 Å². The quantitative estimate of drug-likeness (QED) is 0.442. The topological polar surface area (TPSA) is 75.7 Å². The summed E-state index contributed by atoms with van der Waals surface area (Å²) in [5.74, 6) is -1.88. The molecule has 2 rings (SSSR count). The zero-order chi connectivity index (χ0) is 20.8. The zero-order valence-corrected chi connectivity index (χ0v) is 17.0. The summed E-state index contributed by atoms with van der Waals surface area (Å²) in [5, 5.41) is 2.47. The van der Waals surface area contributed by atoms with Crippen LogP contribution in [0.3, 0.4) is 0 Å². The predicted octanol–water partition coefficient (Wildman–Crippen LogP) is 3.06. The molecule has 0 spiro atoms. The number of rotatable bonds is 5. The molecule has 1 fully saturated rings. The first-order chi connectivity index (χ1) is 13.2. The summed E-state index contributed by atoms with van der Waals surface area (Å²) >= 11 is 11.7. The molecule has 1 saturated heterocycles. The Bertz CT molecular complexity index is 792. The molecular formula is C19H21Cl2FN2O4. The van der Waals surface area contributed by atoms with Crippen LogP contribution in [0.15, 0.2) is 18.2 Å². The second kappa shape index (κ2) is 9.89. The molecule has 0 aliphatic carbocycles. The van der Waals surface area contributed by atoms with Gasteiger partial charge >= 0.3 is 5.97 Å². The van der Waals surface area contributed by atoms with E-state index in [4.69, 9.17) is 23.2 Å². The highest BCUT2D eigenvalue weighted by molar-refractivity contribution is 6.43. The lowest BCUT2D eigenvalue weighted by atomic mass is 9.95. The van der Waals surface area contributed by atoms with Crippen molar-refractivity contribution in [3.63, 3.8) is 0 Å². The highest BCUT2D eigenvalue weighted by atomic mass is 35.5. The van der Waals surface area contributed by atoms with Gasteiger partial charge in [0, 0.05) is 25.1 Å². The Balaban J connectivity index is 1.89. The third kappa shape index (κ3) is 5.45. The third-order valence-corrected chi connectivity index (χ3v) is 5.43. The lowest BCUT2D eigenvalue weighted by Crippen LogP contribution is -2.46. The van der Waals surface area contributed by atoms with Crippen LogP contribution in [0.1, 0.15) is 25.3 Å². The fourth-order valence-corrected chi connectivity index (χ4v) is 3.25. The lowest BCUT2D eigenvalue weighted by Gasteiger charge is -2.31. The maximum absolute atomic E-state index is 13.3. The molecule has 1 aromatic rings. The van der Waals surface area contributed by atoms with Crippen LogP contribution in [-0.4, -0.2) is 48.9 Å². The van der Waals surface area contributed by atoms with Crippen LogP contribution in [-0.2, 0) is 19.1 Å². The van der Waals surface area contributed by atoms with Gasteiger partial charge in [-0.2, -0.15) is 0 Å². The number of halogens is 3. The molecule has 1 heterocycles. The van der Waals surface area contributed by atoms with Gasteiger partial charge in [-0.3, -0.25) is 9.59 Å². The van der Waals surface area contributed by atoms with Crippen molar-refractivity contribution in [1.82, 2.24) is 10.2 Å². The van der Waals surface area contributed by atoms with E-state index in [0.717, 1.165) is 0 Å². The van der Waals surface area contributed by atoms with Crippen molar-refractivity contribution < 1.29 is 23.5 Å². The van der Waals surface area contributed by atoms with E-state index in [-0.39, 0.29) is 27.8 Å². The number of nitrogens with one attached hydrogen (secondary N) is 1. The Hall–Kier alpha value is -2.12. The number of hydrogen-bond donors (Lipinski definition) is 1. The van der Waals surface area contributed by atoms with Gasteiger partial charge in [-0.15, -0.1) is 0 Å².